The van der Waals surface area contributed by atoms with Crippen LogP contribution in [0.3, 0.4) is 0 Å². The van der Waals surface area contributed by atoms with Crippen LogP contribution >= 0.6 is 11.8 Å². The molecule has 36 heavy (non-hydrogen) atoms. The highest BCUT2D eigenvalue weighted by molar-refractivity contribution is 8.00. The van der Waals surface area contributed by atoms with E-state index in [9.17, 15) is 28.8 Å². The number of amides is 6. The van der Waals surface area contributed by atoms with Gasteiger partial charge in [0.05, 0.1) is 18.5 Å². The lowest BCUT2D eigenvalue weighted by Gasteiger charge is -2.18. The molecular formula is C22H33N5O8S. The number of rotatable bonds is 14. The summed E-state index contributed by atoms with van der Waals surface area (Å²) in [6, 6.07) is -0.478. The SMILES string of the molecule is O=C(O)NC(CCCCNC(=O)CCCCC1SCC2NC(=O)NC21)CC(=O)ON1C(=O)CCC1=O. The van der Waals surface area contributed by atoms with Crippen LogP contribution in [0.1, 0.15) is 64.2 Å². The lowest BCUT2D eigenvalue weighted by Crippen LogP contribution is -2.38. The van der Waals surface area contributed by atoms with Crippen molar-refractivity contribution >= 4 is 47.6 Å². The van der Waals surface area contributed by atoms with Crippen LogP contribution in [0.2, 0.25) is 0 Å². The van der Waals surface area contributed by atoms with E-state index in [2.05, 4.69) is 21.3 Å². The van der Waals surface area contributed by atoms with E-state index in [0.29, 0.717) is 42.5 Å². The Bertz CT molecular complexity index is 855. The van der Waals surface area contributed by atoms with Gasteiger partial charge in [0.2, 0.25) is 5.91 Å². The third-order valence-corrected chi connectivity index (χ3v) is 7.83. The van der Waals surface area contributed by atoms with Gasteiger partial charge in [-0.05, 0) is 32.1 Å². The molecule has 13 nitrogen and oxygen atoms in total. The summed E-state index contributed by atoms with van der Waals surface area (Å²) in [5, 5.41) is 20.8. The standard InChI is InChI=1S/C22H33N5O8S/c28-16(7-2-1-6-15-20-14(12-36-15)25-21(32)26-20)23-10-4-3-5-13(24-22(33)34)11-19(31)35-27-17(29)8-9-18(27)30/h13-15,20,24H,1-12H2,(H,23,28)(H,33,34)(H2,25,26,32). The summed E-state index contributed by atoms with van der Waals surface area (Å²) in [5.74, 6) is -1.21. The molecule has 0 spiro atoms. The van der Waals surface area contributed by atoms with Gasteiger partial charge in [0.1, 0.15) is 0 Å². The summed E-state index contributed by atoms with van der Waals surface area (Å²) < 4.78 is 0. The molecule has 200 valence electrons. The van der Waals surface area contributed by atoms with E-state index in [0.717, 1.165) is 25.0 Å². The maximum atomic E-state index is 12.1. The summed E-state index contributed by atoms with van der Waals surface area (Å²) in [7, 11) is 0. The van der Waals surface area contributed by atoms with Gasteiger partial charge in [-0.3, -0.25) is 14.4 Å². The Morgan fingerprint density at radius 1 is 1.08 bits per heavy atom. The van der Waals surface area contributed by atoms with Gasteiger partial charge in [0, 0.05) is 42.9 Å². The Kier molecular flexibility index (Phi) is 10.2. The number of nitrogens with one attached hydrogen (secondary N) is 4. The molecule has 3 fully saturated rings. The fourth-order valence-corrected chi connectivity index (χ4v) is 6.05. The van der Waals surface area contributed by atoms with Crippen LogP contribution in [0.4, 0.5) is 9.59 Å². The van der Waals surface area contributed by atoms with Gasteiger partial charge in [0.15, 0.2) is 0 Å². The van der Waals surface area contributed by atoms with Gasteiger partial charge in [0.25, 0.3) is 11.8 Å². The molecule has 0 aromatic heterocycles. The number of hydrogen-bond donors (Lipinski definition) is 5. The number of carbonyl (C=O) groups excluding carboxylic acids is 5. The van der Waals surface area contributed by atoms with Crippen LogP contribution in [0.5, 0.6) is 0 Å². The number of thioether (sulfide) groups is 1. The first-order valence-corrected chi connectivity index (χ1v) is 13.3. The van der Waals surface area contributed by atoms with Crippen LogP contribution in [0.25, 0.3) is 0 Å². The number of carbonyl (C=O) groups is 6. The van der Waals surface area contributed by atoms with Gasteiger partial charge < -0.3 is 31.2 Å². The molecule has 3 aliphatic rings. The fourth-order valence-electron chi connectivity index (χ4n) is 4.50. The molecule has 0 aromatic rings. The third kappa shape index (κ3) is 8.28. The second-order valence-electron chi connectivity index (χ2n) is 9.11. The van der Waals surface area contributed by atoms with Gasteiger partial charge >= 0.3 is 18.1 Å². The quantitative estimate of drug-likeness (QED) is 0.123. The topological polar surface area (TPSA) is 183 Å². The largest absolute Gasteiger partial charge is 0.465 e. The van der Waals surface area contributed by atoms with E-state index in [1.165, 1.54) is 0 Å². The Morgan fingerprint density at radius 2 is 1.83 bits per heavy atom. The highest BCUT2D eigenvalue weighted by Crippen LogP contribution is 2.33. The number of nitrogens with zero attached hydrogens (tertiary/aromatic N) is 1. The van der Waals surface area contributed by atoms with Gasteiger partial charge in [-0.15, -0.1) is 5.06 Å². The molecule has 3 rings (SSSR count). The molecule has 3 aliphatic heterocycles. The summed E-state index contributed by atoms with van der Waals surface area (Å²) in [5.41, 5.74) is 0. The molecule has 3 heterocycles. The maximum absolute atomic E-state index is 12.1. The van der Waals surface area contributed by atoms with Crippen molar-refractivity contribution in [3.63, 3.8) is 0 Å². The van der Waals surface area contributed by atoms with Crippen molar-refractivity contribution in [2.75, 3.05) is 12.3 Å². The van der Waals surface area contributed by atoms with Gasteiger partial charge in [-0.1, -0.05) is 6.42 Å². The number of carboxylic acid groups (broad SMARTS) is 1. The molecule has 0 radical (unpaired) electrons. The highest BCUT2D eigenvalue weighted by Gasteiger charge is 2.42. The van der Waals surface area contributed by atoms with Crippen molar-refractivity contribution in [1.82, 2.24) is 26.3 Å². The average molecular weight is 528 g/mol. The van der Waals surface area contributed by atoms with E-state index in [4.69, 9.17) is 9.94 Å². The Hall–Kier alpha value is -3.03. The van der Waals surface area contributed by atoms with Crippen LogP contribution in [0, 0.1) is 0 Å². The van der Waals surface area contributed by atoms with Crippen LogP contribution < -0.4 is 21.3 Å². The first-order valence-electron chi connectivity index (χ1n) is 12.2. The Morgan fingerprint density at radius 3 is 2.56 bits per heavy atom. The lowest BCUT2D eigenvalue weighted by atomic mass is 10.0. The minimum Gasteiger partial charge on any atom is -0.465 e. The van der Waals surface area contributed by atoms with E-state index in [1.54, 1.807) is 0 Å². The average Bonchev–Trinajstić information content (AvgIpc) is 3.46. The number of unbranched alkanes of at least 4 members (excludes halogenated alkanes) is 2. The van der Waals surface area contributed by atoms with Crippen LogP contribution in [-0.2, 0) is 24.0 Å². The van der Waals surface area contributed by atoms with Crippen molar-refractivity contribution in [2.24, 2.45) is 0 Å². The van der Waals surface area contributed by atoms with Crippen molar-refractivity contribution in [2.45, 2.75) is 87.6 Å². The summed E-state index contributed by atoms with van der Waals surface area (Å²) in [6.45, 7) is 0.430. The van der Waals surface area contributed by atoms with Crippen molar-refractivity contribution in [3.05, 3.63) is 0 Å². The van der Waals surface area contributed by atoms with E-state index < -0.39 is 29.9 Å². The predicted octanol–water partition coefficient (Wildman–Crippen LogP) is 0.632. The van der Waals surface area contributed by atoms with Crippen molar-refractivity contribution < 1.29 is 38.7 Å². The molecule has 4 atom stereocenters. The number of fused-ring (bicyclic) bond motifs is 1. The number of hydroxylamine groups is 2. The molecule has 4 unspecified atom stereocenters. The predicted molar refractivity (Wildman–Crippen MR) is 128 cm³/mol. The second-order valence-corrected chi connectivity index (χ2v) is 10.4. The van der Waals surface area contributed by atoms with E-state index in [1.807, 2.05) is 11.8 Å². The zero-order valence-electron chi connectivity index (χ0n) is 20.0. The highest BCUT2D eigenvalue weighted by atomic mass is 32.2. The molecule has 0 aliphatic carbocycles. The number of imide groups is 1. The van der Waals surface area contributed by atoms with Crippen LogP contribution in [-0.4, -0.2) is 81.7 Å². The Labute approximate surface area is 212 Å². The molecule has 5 N–H and O–H groups in total. The first kappa shape index (κ1) is 27.6. The van der Waals surface area contributed by atoms with Crippen molar-refractivity contribution in [3.8, 4) is 0 Å². The molecule has 0 saturated carbocycles. The molecule has 0 bridgehead atoms. The van der Waals surface area contributed by atoms with Gasteiger partial charge in [-0.25, -0.2) is 14.4 Å². The van der Waals surface area contributed by atoms with E-state index in [-0.39, 0.29) is 43.3 Å². The van der Waals surface area contributed by atoms with Crippen molar-refractivity contribution in [1.29, 1.82) is 0 Å². The van der Waals surface area contributed by atoms with Crippen LogP contribution in [0.15, 0.2) is 0 Å². The molecular weight excluding hydrogens is 494 g/mol. The molecule has 0 aromatic carbocycles. The van der Waals surface area contributed by atoms with Gasteiger partial charge in [-0.2, -0.15) is 11.8 Å². The Balaban J connectivity index is 1.24. The van der Waals surface area contributed by atoms with E-state index >= 15 is 0 Å². The maximum Gasteiger partial charge on any atom is 0.404 e. The molecule has 14 heteroatoms. The fraction of sp³-hybridized carbons (Fsp3) is 0.727. The third-order valence-electron chi connectivity index (χ3n) is 6.32. The minimum atomic E-state index is -1.30. The number of urea groups is 1. The summed E-state index contributed by atoms with van der Waals surface area (Å²) in [4.78, 5) is 74.5. The zero-order valence-corrected chi connectivity index (χ0v) is 20.8. The number of hydrogen-bond acceptors (Lipinski definition) is 8. The molecule has 3 saturated heterocycles. The second kappa shape index (κ2) is 13.3. The molecule has 6 amide bonds. The zero-order chi connectivity index (χ0) is 26.1. The summed E-state index contributed by atoms with van der Waals surface area (Å²) >= 11 is 1.85. The summed E-state index contributed by atoms with van der Waals surface area (Å²) in [6.07, 6.45) is 2.82. The smallest absolute Gasteiger partial charge is 0.404 e. The lowest BCUT2D eigenvalue weighted by molar-refractivity contribution is -0.197. The minimum absolute atomic E-state index is 0.0214. The monoisotopic (exact) mass is 527 g/mol. The normalized spacial score (nSPS) is 23.6. The first-order chi connectivity index (χ1) is 17.2.